The van der Waals surface area contributed by atoms with Gasteiger partial charge in [-0.25, -0.2) is 4.68 Å². The predicted molar refractivity (Wildman–Crippen MR) is 78.0 cm³/mol. The quantitative estimate of drug-likeness (QED) is 0.887. The lowest BCUT2D eigenvalue weighted by atomic mass is 10.1. The number of rotatable bonds is 5. The molecule has 5 nitrogen and oxygen atoms in total. The molecule has 1 saturated heterocycles. The third kappa shape index (κ3) is 3.09. The summed E-state index contributed by atoms with van der Waals surface area (Å²) in [5.74, 6) is 0.610. The van der Waals surface area contributed by atoms with Crippen LogP contribution in [-0.2, 0) is 6.54 Å². The van der Waals surface area contributed by atoms with E-state index in [0.29, 0.717) is 17.5 Å². The van der Waals surface area contributed by atoms with Gasteiger partial charge in [-0.1, -0.05) is 18.5 Å². The van der Waals surface area contributed by atoms with Gasteiger partial charge in [0.05, 0.1) is 11.9 Å². The number of hydrogen-bond acceptors (Lipinski definition) is 4. The topological polar surface area (TPSA) is 50.2 Å². The van der Waals surface area contributed by atoms with E-state index in [1.807, 2.05) is 14.0 Å². The van der Waals surface area contributed by atoms with Crippen molar-refractivity contribution < 1.29 is 0 Å². The molecular weight excluding hydrogens is 264 g/mol. The van der Waals surface area contributed by atoms with Crippen molar-refractivity contribution in [3.8, 4) is 0 Å². The minimum atomic E-state index is -0.182. The van der Waals surface area contributed by atoms with Crippen molar-refractivity contribution in [3.05, 3.63) is 21.6 Å². The van der Waals surface area contributed by atoms with E-state index in [1.165, 1.54) is 4.68 Å². The van der Waals surface area contributed by atoms with Gasteiger partial charge in [-0.2, -0.15) is 5.10 Å². The summed E-state index contributed by atoms with van der Waals surface area (Å²) in [6.45, 7) is 5.48. The molecule has 19 heavy (non-hydrogen) atoms. The summed E-state index contributed by atoms with van der Waals surface area (Å²) >= 11 is 6.21. The zero-order valence-electron chi connectivity index (χ0n) is 11.5. The largest absolute Gasteiger partial charge is 0.369 e. The molecule has 1 aliphatic rings. The highest BCUT2D eigenvalue weighted by atomic mass is 35.5. The van der Waals surface area contributed by atoms with Crippen LogP contribution < -0.4 is 15.8 Å². The predicted octanol–water partition coefficient (Wildman–Crippen LogP) is 1.35. The zero-order valence-corrected chi connectivity index (χ0v) is 12.3. The van der Waals surface area contributed by atoms with Crippen LogP contribution >= 0.6 is 11.6 Å². The normalized spacial score (nSPS) is 19.1. The van der Waals surface area contributed by atoms with E-state index < -0.39 is 0 Å². The summed E-state index contributed by atoms with van der Waals surface area (Å²) in [6, 6.07) is 0. The second-order valence-corrected chi connectivity index (χ2v) is 5.41. The van der Waals surface area contributed by atoms with Gasteiger partial charge >= 0.3 is 0 Å². The van der Waals surface area contributed by atoms with Gasteiger partial charge in [0.2, 0.25) is 0 Å². The number of anilines is 1. The molecule has 1 fully saturated rings. The van der Waals surface area contributed by atoms with Gasteiger partial charge in [-0.15, -0.1) is 0 Å². The molecule has 1 aromatic heterocycles. The lowest BCUT2D eigenvalue weighted by Crippen LogP contribution is -2.29. The van der Waals surface area contributed by atoms with Crippen LogP contribution in [0.5, 0.6) is 0 Å². The Labute approximate surface area is 118 Å². The molecule has 2 heterocycles. The van der Waals surface area contributed by atoms with Crippen molar-refractivity contribution in [2.45, 2.75) is 26.3 Å². The Morgan fingerprint density at radius 1 is 1.58 bits per heavy atom. The van der Waals surface area contributed by atoms with Crippen LogP contribution in [0, 0.1) is 5.92 Å². The molecule has 1 aliphatic heterocycles. The highest BCUT2D eigenvalue weighted by Crippen LogP contribution is 2.27. The van der Waals surface area contributed by atoms with Crippen LogP contribution in [-0.4, -0.2) is 36.5 Å². The van der Waals surface area contributed by atoms with E-state index in [1.54, 1.807) is 6.20 Å². The van der Waals surface area contributed by atoms with E-state index in [4.69, 9.17) is 11.6 Å². The van der Waals surface area contributed by atoms with E-state index >= 15 is 0 Å². The zero-order chi connectivity index (χ0) is 13.8. The molecule has 0 spiro atoms. The summed E-state index contributed by atoms with van der Waals surface area (Å²) in [6.07, 6.45) is 3.72. The Morgan fingerprint density at radius 2 is 2.37 bits per heavy atom. The molecule has 0 aromatic carbocycles. The minimum Gasteiger partial charge on any atom is -0.369 e. The minimum absolute atomic E-state index is 0.182. The number of nitrogens with zero attached hydrogens (tertiary/aromatic N) is 3. The third-order valence-electron chi connectivity index (χ3n) is 3.52. The van der Waals surface area contributed by atoms with Gasteiger partial charge in [-0.3, -0.25) is 4.79 Å². The number of aromatic nitrogens is 2. The van der Waals surface area contributed by atoms with Crippen LogP contribution in [0.3, 0.4) is 0 Å². The van der Waals surface area contributed by atoms with Crippen LogP contribution in [0.25, 0.3) is 0 Å². The van der Waals surface area contributed by atoms with E-state index in [2.05, 4.69) is 15.3 Å². The van der Waals surface area contributed by atoms with Gasteiger partial charge in [-0.05, 0) is 32.4 Å². The average molecular weight is 285 g/mol. The Hall–Kier alpha value is -1.07. The third-order valence-corrected chi connectivity index (χ3v) is 3.88. The molecule has 0 saturated carbocycles. The average Bonchev–Trinajstić information content (AvgIpc) is 2.84. The van der Waals surface area contributed by atoms with E-state index in [9.17, 15) is 4.79 Å². The Kier molecular flexibility index (Phi) is 4.82. The lowest BCUT2D eigenvalue weighted by molar-refractivity contribution is 0.548. The molecule has 0 bridgehead atoms. The fourth-order valence-corrected chi connectivity index (χ4v) is 2.82. The lowest BCUT2D eigenvalue weighted by Gasteiger charge is -2.19. The second kappa shape index (κ2) is 6.39. The van der Waals surface area contributed by atoms with Crippen molar-refractivity contribution in [2.75, 3.05) is 31.6 Å². The summed E-state index contributed by atoms with van der Waals surface area (Å²) in [4.78, 5) is 14.2. The van der Waals surface area contributed by atoms with Crippen molar-refractivity contribution in [1.82, 2.24) is 15.1 Å². The summed E-state index contributed by atoms with van der Waals surface area (Å²) in [5, 5.41) is 7.70. The summed E-state index contributed by atoms with van der Waals surface area (Å²) in [5.41, 5.74) is 0.593. The summed E-state index contributed by atoms with van der Waals surface area (Å²) < 4.78 is 1.44. The number of hydrogen-bond donors (Lipinski definition) is 1. The van der Waals surface area contributed by atoms with Gasteiger partial charge in [0.15, 0.2) is 0 Å². The van der Waals surface area contributed by atoms with Crippen molar-refractivity contribution in [1.29, 1.82) is 0 Å². The fraction of sp³-hybridized carbons (Fsp3) is 0.692. The standard InChI is InChI=1S/C13H21ClN4O/c1-3-5-18-13(19)12(14)11(8-16-18)17-6-4-10(9-17)7-15-2/h8,10,15H,3-7,9H2,1-2H3. The molecule has 6 heteroatoms. The number of halogens is 1. The van der Waals surface area contributed by atoms with Gasteiger partial charge < -0.3 is 10.2 Å². The smallest absolute Gasteiger partial charge is 0.287 e. The first-order valence-electron chi connectivity index (χ1n) is 6.82. The first kappa shape index (κ1) is 14.3. The van der Waals surface area contributed by atoms with Crippen molar-refractivity contribution in [3.63, 3.8) is 0 Å². The maximum Gasteiger partial charge on any atom is 0.287 e. The van der Waals surface area contributed by atoms with E-state index in [0.717, 1.165) is 38.2 Å². The van der Waals surface area contributed by atoms with Crippen LogP contribution in [0.1, 0.15) is 19.8 Å². The molecular formula is C13H21ClN4O. The Bertz CT molecular complexity index is 488. The fourth-order valence-electron chi connectivity index (χ4n) is 2.55. The number of aryl methyl sites for hydroxylation is 1. The first-order chi connectivity index (χ1) is 9.17. The monoisotopic (exact) mass is 284 g/mol. The Balaban J connectivity index is 2.18. The second-order valence-electron chi connectivity index (χ2n) is 5.03. The highest BCUT2D eigenvalue weighted by molar-refractivity contribution is 6.33. The summed E-state index contributed by atoms with van der Waals surface area (Å²) in [7, 11) is 1.96. The Morgan fingerprint density at radius 3 is 3.05 bits per heavy atom. The van der Waals surface area contributed by atoms with Crippen molar-refractivity contribution >= 4 is 17.3 Å². The molecule has 0 aliphatic carbocycles. The molecule has 1 aromatic rings. The van der Waals surface area contributed by atoms with E-state index in [-0.39, 0.29) is 5.56 Å². The van der Waals surface area contributed by atoms with Gasteiger partial charge in [0, 0.05) is 19.6 Å². The van der Waals surface area contributed by atoms with Crippen molar-refractivity contribution in [2.24, 2.45) is 5.92 Å². The molecule has 1 atom stereocenters. The maximum absolute atomic E-state index is 12.1. The molecule has 0 amide bonds. The van der Waals surface area contributed by atoms with Crippen LogP contribution in [0.15, 0.2) is 11.0 Å². The van der Waals surface area contributed by atoms with Gasteiger partial charge in [0.1, 0.15) is 5.02 Å². The molecule has 2 rings (SSSR count). The molecule has 1 N–H and O–H groups in total. The van der Waals surface area contributed by atoms with Gasteiger partial charge in [0.25, 0.3) is 5.56 Å². The van der Waals surface area contributed by atoms with Crippen LogP contribution in [0.4, 0.5) is 5.69 Å². The SMILES string of the molecule is CCCn1ncc(N2CCC(CNC)C2)c(Cl)c1=O. The first-order valence-corrected chi connectivity index (χ1v) is 7.20. The van der Waals surface area contributed by atoms with Crippen LogP contribution in [0.2, 0.25) is 5.02 Å². The highest BCUT2D eigenvalue weighted by Gasteiger charge is 2.25. The molecule has 1 unspecified atom stereocenters. The number of nitrogens with one attached hydrogen (secondary N) is 1. The maximum atomic E-state index is 12.1. The molecule has 0 radical (unpaired) electrons. The molecule has 106 valence electrons.